The number of imide groups is 1. The lowest BCUT2D eigenvalue weighted by Crippen LogP contribution is -2.55. The molecule has 4 aliphatic rings. The summed E-state index contributed by atoms with van der Waals surface area (Å²) in [5.74, 6) is -0.518. The molecule has 0 aromatic heterocycles. The molecule has 4 heteroatoms. The van der Waals surface area contributed by atoms with Crippen LogP contribution in [0.25, 0.3) is 0 Å². The zero-order valence-corrected chi connectivity index (χ0v) is 13.3. The molecule has 4 nitrogen and oxygen atoms in total. The third-order valence-electron chi connectivity index (χ3n) is 5.92. The van der Waals surface area contributed by atoms with Gasteiger partial charge in [-0.2, -0.15) is 0 Å². The van der Waals surface area contributed by atoms with Crippen molar-refractivity contribution in [2.75, 3.05) is 13.1 Å². The molecule has 24 heavy (non-hydrogen) atoms. The van der Waals surface area contributed by atoms with Crippen LogP contribution in [0.2, 0.25) is 0 Å². The SMILES string of the molecule is [NH3+]CCN1C(=O)[C@H]2C3c4ccccc4C(c4ccccc43)[C@@H]2C1=O. The van der Waals surface area contributed by atoms with Crippen LogP contribution < -0.4 is 5.73 Å². The molecular weight excluding hydrogens is 300 g/mol. The summed E-state index contributed by atoms with van der Waals surface area (Å²) in [5.41, 5.74) is 8.71. The minimum Gasteiger partial charge on any atom is -0.356 e. The minimum atomic E-state index is -0.251. The molecule has 0 unspecified atom stereocenters. The van der Waals surface area contributed by atoms with Gasteiger partial charge < -0.3 is 5.73 Å². The van der Waals surface area contributed by atoms with Crippen molar-refractivity contribution in [1.29, 1.82) is 0 Å². The Morgan fingerprint density at radius 3 is 1.46 bits per heavy atom. The Bertz CT molecular complexity index is 760. The van der Waals surface area contributed by atoms with Gasteiger partial charge in [0.15, 0.2) is 0 Å². The number of quaternary nitrogens is 1. The summed E-state index contributed by atoms with van der Waals surface area (Å²) in [7, 11) is 0. The Hall–Kier alpha value is -2.46. The average Bonchev–Trinajstić information content (AvgIpc) is 2.88. The number of benzene rings is 2. The fraction of sp³-hybridized carbons (Fsp3) is 0.300. The summed E-state index contributed by atoms with van der Waals surface area (Å²) in [5, 5.41) is 0. The highest BCUT2D eigenvalue weighted by molar-refractivity contribution is 6.07. The molecule has 2 amide bonds. The highest BCUT2D eigenvalue weighted by atomic mass is 16.2. The summed E-state index contributed by atoms with van der Waals surface area (Å²) >= 11 is 0. The van der Waals surface area contributed by atoms with Crippen LogP contribution in [0.1, 0.15) is 34.1 Å². The number of carbonyl (C=O) groups is 2. The normalized spacial score (nSPS) is 29.5. The van der Waals surface area contributed by atoms with Gasteiger partial charge in [0.1, 0.15) is 0 Å². The molecular formula is C20H19N2O2+. The summed E-state index contributed by atoms with van der Waals surface area (Å²) in [6.45, 7) is 0.989. The van der Waals surface area contributed by atoms with Crippen molar-refractivity contribution in [2.45, 2.75) is 11.8 Å². The lowest BCUT2D eigenvalue weighted by Gasteiger charge is -2.45. The Morgan fingerprint density at radius 2 is 1.12 bits per heavy atom. The van der Waals surface area contributed by atoms with E-state index < -0.39 is 0 Å². The molecule has 0 saturated carbocycles. The van der Waals surface area contributed by atoms with Crippen LogP contribution in [-0.4, -0.2) is 29.8 Å². The fourth-order valence-corrected chi connectivity index (χ4v) is 5.12. The van der Waals surface area contributed by atoms with E-state index in [2.05, 4.69) is 30.0 Å². The third-order valence-corrected chi connectivity index (χ3v) is 5.92. The van der Waals surface area contributed by atoms with E-state index in [0.717, 1.165) is 0 Å². The summed E-state index contributed by atoms with van der Waals surface area (Å²) in [6, 6.07) is 16.6. The average molecular weight is 319 g/mol. The van der Waals surface area contributed by atoms with Gasteiger partial charge in [-0.15, -0.1) is 0 Å². The zero-order chi connectivity index (χ0) is 16.4. The standard InChI is InChI=1S/C20H18N2O2/c21-9-10-22-19(23)17-15-11-5-1-2-6-12(11)16(18(17)20(22)24)14-8-4-3-7-13(14)15/h1-8,15-18H,9-10,21H2/p+1/t15?,16?,17-,18-/m0/s1. The van der Waals surface area contributed by atoms with Crippen LogP contribution in [0.15, 0.2) is 48.5 Å². The van der Waals surface area contributed by atoms with Gasteiger partial charge in [0.2, 0.25) is 11.8 Å². The molecule has 2 aromatic rings. The Morgan fingerprint density at radius 1 is 0.750 bits per heavy atom. The molecule has 120 valence electrons. The molecule has 3 aliphatic carbocycles. The fourth-order valence-electron chi connectivity index (χ4n) is 5.12. The van der Waals surface area contributed by atoms with Crippen molar-refractivity contribution in [3.05, 3.63) is 70.8 Å². The summed E-state index contributed by atoms with van der Waals surface area (Å²) < 4.78 is 0. The lowest BCUT2D eigenvalue weighted by molar-refractivity contribution is -0.367. The second kappa shape index (κ2) is 4.77. The molecule has 1 saturated heterocycles. The molecule has 0 spiro atoms. The van der Waals surface area contributed by atoms with Gasteiger partial charge in [0.05, 0.1) is 24.9 Å². The summed E-state index contributed by atoms with van der Waals surface area (Å²) in [6.07, 6.45) is 0. The molecule has 2 atom stereocenters. The molecule has 0 radical (unpaired) electrons. The quantitative estimate of drug-likeness (QED) is 0.843. The zero-order valence-electron chi connectivity index (χ0n) is 13.3. The highest BCUT2D eigenvalue weighted by Gasteiger charge is 2.61. The van der Waals surface area contributed by atoms with E-state index >= 15 is 0 Å². The number of rotatable bonds is 2. The van der Waals surface area contributed by atoms with E-state index in [4.69, 9.17) is 0 Å². The van der Waals surface area contributed by atoms with Crippen LogP contribution in [0.5, 0.6) is 0 Å². The second-order valence-corrected chi connectivity index (χ2v) is 6.95. The number of likely N-dealkylation sites (tertiary alicyclic amines) is 1. The van der Waals surface area contributed by atoms with Crippen LogP contribution in [0.3, 0.4) is 0 Å². The van der Waals surface area contributed by atoms with Crippen molar-refractivity contribution in [3.8, 4) is 0 Å². The van der Waals surface area contributed by atoms with Crippen LogP contribution in [0.4, 0.5) is 0 Å². The predicted octanol–water partition coefficient (Wildman–Crippen LogP) is 1.12. The van der Waals surface area contributed by atoms with Gasteiger partial charge >= 0.3 is 0 Å². The maximum atomic E-state index is 13.0. The minimum absolute atomic E-state index is 0.00124. The van der Waals surface area contributed by atoms with Crippen molar-refractivity contribution in [3.63, 3.8) is 0 Å². The maximum absolute atomic E-state index is 13.0. The van der Waals surface area contributed by atoms with Gasteiger partial charge in [0, 0.05) is 11.8 Å². The molecule has 2 bridgehead atoms. The van der Waals surface area contributed by atoms with E-state index in [9.17, 15) is 9.59 Å². The highest BCUT2D eigenvalue weighted by Crippen LogP contribution is 2.60. The molecule has 1 aliphatic heterocycles. The van der Waals surface area contributed by atoms with E-state index in [1.165, 1.54) is 27.2 Å². The Labute approximate surface area is 140 Å². The van der Waals surface area contributed by atoms with Crippen molar-refractivity contribution >= 4 is 11.8 Å². The van der Waals surface area contributed by atoms with Crippen LogP contribution >= 0.6 is 0 Å². The number of carbonyl (C=O) groups excluding carboxylic acids is 2. The van der Waals surface area contributed by atoms with Crippen molar-refractivity contribution in [1.82, 2.24) is 4.90 Å². The van der Waals surface area contributed by atoms with Crippen LogP contribution in [-0.2, 0) is 9.59 Å². The lowest BCUT2D eigenvalue weighted by atomic mass is 9.55. The number of hydrogen-bond donors (Lipinski definition) is 1. The van der Waals surface area contributed by atoms with Crippen molar-refractivity contribution in [2.24, 2.45) is 11.8 Å². The first-order valence-corrected chi connectivity index (χ1v) is 8.56. The van der Waals surface area contributed by atoms with Gasteiger partial charge in [-0.1, -0.05) is 48.5 Å². The largest absolute Gasteiger partial charge is 0.356 e. The number of nitrogens with zero attached hydrogens (tertiary/aromatic N) is 1. The van der Waals surface area contributed by atoms with Gasteiger partial charge in [-0.05, 0) is 22.3 Å². The van der Waals surface area contributed by atoms with Crippen LogP contribution in [0, 0.1) is 11.8 Å². The summed E-state index contributed by atoms with van der Waals surface area (Å²) in [4.78, 5) is 27.5. The maximum Gasteiger partial charge on any atom is 0.234 e. The van der Waals surface area contributed by atoms with Crippen molar-refractivity contribution < 1.29 is 15.3 Å². The molecule has 3 N–H and O–H groups in total. The smallest absolute Gasteiger partial charge is 0.234 e. The first kappa shape index (κ1) is 13.9. The van der Waals surface area contributed by atoms with E-state index in [0.29, 0.717) is 13.1 Å². The van der Waals surface area contributed by atoms with E-state index in [1.54, 1.807) is 0 Å². The Balaban J connectivity index is 1.77. The van der Waals surface area contributed by atoms with Gasteiger partial charge in [-0.25, -0.2) is 0 Å². The first-order valence-electron chi connectivity index (χ1n) is 8.56. The molecule has 6 rings (SSSR count). The first-order chi connectivity index (χ1) is 11.7. The molecule has 1 fully saturated rings. The third kappa shape index (κ3) is 1.52. The topological polar surface area (TPSA) is 65.0 Å². The van der Waals surface area contributed by atoms with Gasteiger partial charge in [-0.3, -0.25) is 14.5 Å². The predicted molar refractivity (Wildman–Crippen MR) is 88.0 cm³/mol. The molecule has 2 aromatic carbocycles. The van der Waals surface area contributed by atoms with Gasteiger partial charge in [0.25, 0.3) is 0 Å². The van der Waals surface area contributed by atoms with E-state index in [1.807, 2.05) is 24.3 Å². The number of amides is 2. The second-order valence-electron chi connectivity index (χ2n) is 6.95. The molecule has 1 heterocycles. The Kier molecular flexibility index (Phi) is 2.77. The van der Waals surface area contributed by atoms with E-state index in [-0.39, 0.29) is 35.5 Å². The monoisotopic (exact) mass is 319 g/mol. The number of hydrogen-bond acceptors (Lipinski definition) is 2.